The Labute approximate surface area is 126 Å². The minimum atomic E-state index is 0.250. The monoisotopic (exact) mass is 277 g/mol. The Morgan fingerprint density at radius 2 is 1.65 bits per heavy atom. The summed E-state index contributed by atoms with van der Waals surface area (Å²) in [5.41, 5.74) is 7.11. The molecule has 3 saturated carbocycles. The van der Waals surface area contributed by atoms with E-state index in [2.05, 4.69) is 6.92 Å². The molecule has 3 aliphatic carbocycles. The molecule has 5 unspecified atom stereocenters. The van der Waals surface area contributed by atoms with Gasteiger partial charge in [0.25, 0.3) is 0 Å². The Hall–Kier alpha value is -0.0400. The molecule has 0 spiro atoms. The molecule has 0 heterocycles. The highest BCUT2D eigenvalue weighted by atomic mass is 14.8. The fourth-order valence-electron chi connectivity index (χ4n) is 6.01. The lowest BCUT2D eigenvalue weighted by Crippen LogP contribution is -2.49. The Balaban J connectivity index is 1.38. The molecule has 1 nitrogen and oxygen atoms in total. The van der Waals surface area contributed by atoms with Gasteiger partial charge in [-0.3, -0.25) is 0 Å². The molecule has 20 heavy (non-hydrogen) atoms. The van der Waals surface area contributed by atoms with Crippen LogP contribution in [0.4, 0.5) is 0 Å². The van der Waals surface area contributed by atoms with E-state index in [9.17, 15) is 0 Å². The van der Waals surface area contributed by atoms with E-state index in [0.717, 1.165) is 23.7 Å². The van der Waals surface area contributed by atoms with Crippen LogP contribution in [0.2, 0.25) is 0 Å². The number of hydrogen-bond donors (Lipinski definition) is 1. The van der Waals surface area contributed by atoms with Crippen LogP contribution in [0, 0.1) is 23.7 Å². The van der Waals surface area contributed by atoms with Crippen LogP contribution in [0.5, 0.6) is 0 Å². The maximum Gasteiger partial charge on any atom is 0.0188 e. The van der Waals surface area contributed by atoms with Crippen molar-refractivity contribution in [2.24, 2.45) is 29.4 Å². The predicted molar refractivity (Wildman–Crippen MR) is 86.6 cm³/mol. The number of unbranched alkanes of at least 4 members (excludes halogenated alkanes) is 6. The van der Waals surface area contributed by atoms with Crippen molar-refractivity contribution >= 4 is 0 Å². The van der Waals surface area contributed by atoms with Crippen molar-refractivity contribution in [2.75, 3.05) is 0 Å². The summed E-state index contributed by atoms with van der Waals surface area (Å²) in [6.07, 6.45) is 18.6. The Bertz CT molecular complexity index is 313. The van der Waals surface area contributed by atoms with Crippen LogP contribution in [-0.4, -0.2) is 5.54 Å². The van der Waals surface area contributed by atoms with Crippen LogP contribution in [0.15, 0.2) is 0 Å². The standard InChI is InChI=1S/C19H35N/c1-2-3-4-5-6-7-8-12-19(20)14-15-13-18(19)17-11-9-10-16(15)17/h15-18H,2-14,20H2,1H3. The number of fused-ring (bicyclic) bond motifs is 5. The van der Waals surface area contributed by atoms with Gasteiger partial charge in [-0.05, 0) is 55.8 Å². The summed E-state index contributed by atoms with van der Waals surface area (Å²) in [7, 11) is 0. The first kappa shape index (κ1) is 14.9. The zero-order chi connectivity index (χ0) is 14.0. The molecule has 3 aliphatic rings. The summed E-state index contributed by atoms with van der Waals surface area (Å²) in [6.45, 7) is 2.30. The zero-order valence-corrected chi connectivity index (χ0v) is 13.6. The first-order valence-electron chi connectivity index (χ1n) is 9.53. The molecule has 2 bridgehead atoms. The van der Waals surface area contributed by atoms with Gasteiger partial charge in [-0.25, -0.2) is 0 Å². The molecule has 116 valence electrons. The SMILES string of the molecule is CCCCCCCCCC1(N)CC2CC1C1CCCC21. The Morgan fingerprint density at radius 3 is 2.45 bits per heavy atom. The van der Waals surface area contributed by atoms with Crippen LogP contribution in [0.3, 0.4) is 0 Å². The van der Waals surface area contributed by atoms with Gasteiger partial charge < -0.3 is 5.73 Å². The molecule has 0 aliphatic heterocycles. The highest BCUT2D eigenvalue weighted by Crippen LogP contribution is 2.62. The van der Waals surface area contributed by atoms with E-state index in [1.165, 1.54) is 83.5 Å². The molecule has 3 fully saturated rings. The zero-order valence-electron chi connectivity index (χ0n) is 13.6. The molecule has 0 aromatic rings. The molecular weight excluding hydrogens is 242 g/mol. The third-order valence-electron chi connectivity index (χ3n) is 6.93. The Kier molecular flexibility index (Phi) is 4.75. The minimum Gasteiger partial charge on any atom is -0.325 e. The minimum absolute atomic E-state index is 0.250. The van der Waals surface area contributed by atoms with Crippen molar-refractivity contribution in [1.82, 2.24) is 0 Å². The lowest BCUT2D eigenvalue weighted by molar-refractivity contribution is 0.145. The number of hydrogen-bond acceptors (Lipinski definition) is 1. The van der Waals surface area contributed by atoms with Crippen molar-refractivity contribution in [3.8, 4) is 0 Å². The van der Waals surface area contributed by atoms with Crippen molar-refractivity contribution < 1.29 is 0 Å². The van der Waals surface area contributed by atoms with E-state index in [1.807, 2.05) is 0 Å². The van der Waals surface area contributed by atoms with Crippen LogP contribution >= 0.6 is 0 Å². The van der Waals surface area contributed by atoms with Crippen LogP contribution in [0.25, 0.3) is 0 Å². The van der Waals surface area contributed by atoms with Crippen molar-refractivity contribution in [3.63, 3.8) is 0 Å². The van der Waals surface area contributed by atoms with Crippen LogP contribution < -0.4 is 5.73 Å². The van der Waals surface area contributed by atoms with Gasteiger partial charge in [0, 0.05) is 5.54 Å². The van der Waals surface area contributed by atoms with E-state index in [1.54, 1.807) is 0 Å². The van der Waals surface area contributed by atoms with Crippen LogP contribution in [0.1, 0.15) is 90.4 Å². The van der Waals surface area contributed by atoms with Crippen molar-refractivity contribution in [1.29, 1.82) is 0 Å². The Morgan fingerprint density at radius 1 is 0.950 bits per heavy atom. The van der Waals surface area contributed by atoms with Gasteiger partial charge in [-0.1, -0.05) is 58.3 Å². The van der Waals surface area contributed by atoms with Gasteiger partial charge >= 0.3 is 0 Å². The van der Waals surface area contributed by atoms with E-state index < -0.39 is 0 Å². The smallest absolute Gasteiger partial charge is 0.0188 e. The normalized spacial score (nSPS) is 42.3. The highest BCUT2D eigenvalue weighted by Gasteiger charge is 2.58. The average molecular weight is 277 g/mol. The predicted octanol–water partition coefficient (Wildman–Crippen LogP) is 5.28. The fraction of sp³-hybridized carbons (Fsp3) is 1.00. The third kappa shape index (κ3) is 2.80. The molecule has 1 heteroatoms. The summed E-state index contributed by atoms with van der Waals surface area (Å²) in [5.74, 6) is 4.04. The topological polar surface area (TPSA) is 26.0 Å². The first-order valence-corrected chi connectivity index (χ1v) is 9.53. The number of nitrogens with two attached hydrogens (primary N) is 1. The maximum absolute atomic E-state index is 6.86. The van der Waals surface area contributed by atoms with E-state index in [4.69, 9.17) is 5.73 Å². The molecule has 2 N–H and O–H groups in total. The van der Waals surface area contributed by atoms with Gasteiger partial charge in [0.1, 0.15) is 0 Å². The first-order chi connectivity index (χ1) is 9.74. The molecule has 0 radical (unpaired) electrons. The summed E-state index contributed by atoms with van der Waals surface area (Å²) in [6, 6.07) is 0. The van der Waals surface area contributed by atoms with E-state index in [-0.39, 0.29) is 5.54 Å². The van der Waals surface area contributed by atoms with Gasteiger partial charge in [0.2, 0.25) is 0 Å². The average Bonchev–Trinajstić information content (AvgIpc) is 3.08. The second-order valence-electron chi connectivity index (χ2n) is 8.17. The summed E-state index contributed by atoms with van der Waals surface area (Å²) >= 11 is 0. The molecule has 0 aromatic heterocycles. The third-order valence-corrected chi connectivity index (χ3v) is 6.93. The number of rotatable bonds is 8. The van der Waals surface area contributed by atoms with Gasteiger partial charge in [-0.15, -0.1) is 0 Å². The molecule has 0 amide bonds. The van der Waals surface area contributed by atoms with Crippen LogP contribution in [-0.2, 0) is 0 Å². The summed E-state index contributed by atoms with van der Waals surface area (Å²) in [4.78, 5) is 0. The second-order valence-corrected chi connectivity index (χ2v) is 8.17. The lowest BCUT2D eigenvalue weighted by atomic mass is 9.69. The molecule has 0 saturated heterocycles. The second kappa shape index (κ2) is 6.38. The van der Waals surface area contributed by atoms with Crippen molar-refractivity contribution in [3.05, 3.63) is 0 Å². The summed E-state index contributed by atoms with van der Waals surface area (Å²) < 4.78 is 0. The van der Waals surface area contributed by atoms with Crippen molar-refractivity contribution in [2.45, 2.75) is 95.9 Å². The van der Waals surface area contributed by atoms with Gasteiger partial charge in [0.15, 0.2) is 0 Å². The fourth-order valence-corrected chi connectivity index (χ4v) is 6.01. The highest BCUT2D eigenvalue weighted by molar-refractivity contribution is 5.12. The summed E-state index contributed by atoms with van der Waals surface area (Å²) in [5, 5.41) is 0. The molecule has 5 atom stereocenters. The molecule has 3 rings (SSSR count). The molecule has 0 aromatic carbocycles. The lowest BCUT2D eigenvalue weighted by Gasteiger charge is -2.40. The van der Waals surface area contributed by atoms with E-state index >= 15 is 0 Å². The van der Waals surface area contributed by atoms with Gasteiger partial charge in [0.05, 0.1) is 0 Å². The maximum atomic E-state index is 6.86. The molecular formula is C19H35N. The quantitative estimate of drug-likeness (QED) is 0.600. The van der Waals surface area contributed by atoms with Gasteiger partial charge in [-0.2, -0.15) is 0 Å². The van der Waals surface area contributed by atoms with E-state index in [0.29, 0.717) is 0 Å². The largest absolute Gasteiger partial charge is 0.325 e.